The predicted molar refractivity (Wildman–Crippen MR) is 72.3 cm³/mol. The quantitative estimate of drug-likeness (QED) is 0.562. The Bertz CT molecular complexity index is 685. The minimum Gasteiger partial charge on any atom is -0.399 e. The number of nitrogens with zero attached hydrogens (tertiary/aromatic N) is 3. The summed E-state index contributed by atoms with van der Waals surface area (Å²) >= 11 is 1.44. The van der Waals surface area contributed by atoms with Crippen LogP contribution in [0.3, 0.4) is 0 Å². The van der Waals surface area contributed by atoms with Gasteiger partial charge in [0.1, 0.15) is 5.03 Å². The highest BCUT2D eigenvalue weighted by Crippen LogP contribution is 2.25. The molecule has 0 amide bonds. The average molecular weight is 254 g/mol. The van der Waals surface area contributed by atoms with Crippen LogP contribution in [0.2, 0.25) is 0 Å². The van der Waals surface area contributed by atoms with Gasteiger partial charge in [0.2, 0.25) is 0 Å². The molecule has 2 aromatic heterocycles. The number of hydrogen-bond donors (Lipinski definition) is 1. The third-order valence-electron chi connectivity index (χ3n) is 2.43. The molecule has 0 atom stereocenters. The van der Waals surface area contributed by atoms with Crippen molar-refractivity contribution in [2.24, 2.45) is 0 Å². The van der Waals surface area contributed by atoms with Gasteiger partial charge in [-0.05, 0) is 42.1 Å². The van der Waals surface area contributed by atoms with E-state index < -0.39 is 0 Å². The molecule has 88 valence electrons. The van der Waals surface area contributed by atoms with Gasteiger partial charge in [0.05, 0.1) is 5.52 Å². The molecule has 5 heteroatoms. The van der Waals surface area contributed by atoms with Crippen molar-refractivity contribution in [1.29, 1.82) is 0 Å². The number of aromatic nitrogens is 3. The van der Waals surface area contributed by atoms with Crippen LogP contribution in [0, 0.1) is 0 Å². The molecule has 0 saturated carbocycles. The number of hydrogen-bond acceptors (Lipinski definition) is 5. The molecule has 0 bridgehead atoms. The highest BCUT2D eigenvalue weighted by Gasteiger charge is 2.02. The maximum Gasteiger partial charge on any atom is 0.193 e. The van der Waals surface area contributed by atoms with Crippen LogP contribution in [-0.2, 0) is 0 Å². The summed E-state index contributed by atoms with van der Waals surface area (Å²) in [7, 11) is 0. The monoisotopic (exact) mass is 254 g/mol. The van der Waals surface area contributed by atoms with Crippen molar-refractivity contribution in [3.05, 3.63) is 48.8 Å². The summed E-state index contributed by atoms with van der Waals surface area (Å²) in [6, 6.07) is 11.4. The molecular weight excluding hydrogens is 244 g/mol. The highest BCUT2D eigenvalue weighted by atomic mass is 32.2. The maximum absolute atomic E-state index is 5.73. The van der Waals surface area contributed by atoms with Crippen LogP contribution in [0.5, 0.6) is 0 Å². The lowest BCUT2D eigenvalue weighted by Crippen LogP contribution is -1.88. The van der Waals surface area contributed by atoms with Gasteiger partial charge < -0.3 is 5.73 Å². The second-order valence-corrected chi connectivity index (χ2v) is 4.72. The van der Waals surface area contributed by atoms with Crippen molar-refractivity contribution >= 4 is 28.4 Å². The molecule has 18 heavy (non-hydrogen) atoms. The van der Waals surface area contributed by atoms with Crippen molar-refractivity contribution < 1.29 is 0 Å². The first-order valence-corrected chi connectivity index (χ1v) is 6.24. The van der Waals surface area contributed by atoms with Gasteiger partial charge >= 0.3 is 0 Å². The largest absolute Gasteiger partial charge is 0.399 e. The highest BCUT2D eigenvalue weighted by molar-refractivity contribution is 7.99. The first kappa shape index (κ1) is 11.0. The Balaban J connectivity index is 1.96. The molecule has 3 rings (SSSR count). The normalized spacial score (nSPS) is 10.7. The van der Waals surface area contributed by atoms with E-state index in [-0.39, 0.29) is 0 Å². The van der Waals surface area contributed by atoms with Gasteiger partial charge in [0, 0.05) is 23.5 Å². The van der Waals surface area contributed by atoms with Crippen molar-refractivity contribution in [2.45, 2.75) is 10.2 Å². The summed E-state index contributed by atoms with van der Waals surface area (Å²) in [6.45, 7) is 0. The predicted octanol–water partition coefficient (Wildman–Crippen LogP) is 2.76. The summed E-state index contributed by atoms with van der Waals surface area (Å²) < 4.78 is 0. The number of nitrogen functional groups attached to an aromatic ring is 1. The van der Waals surface area contributed by atoms with Gasteiger partial charge in [-0.2, -0.15) is 0 Å². The second kappa shape index (κ2) is 4.62. The molecule has 0 unspecified atom stereocenters. The lowest BCUT2D eigenvalue weighted by Gasteiger charge is -2.02. The molecule has 2 heterocycles. The number of nitrogens with two attached hydrogens (primary N) is 1. The molecule has 3 aromatic rings. The average Bonchev–Trinajstić information content (AvgIpc) is 2.40. The van der Waals surface area contributed by atoms with Gasteiger partial charge in [-0.25, -0.2) is 15.0 Å². The van der Waals surface area contributed by atoms with Gasteiger partial charge in [-0.15, -0.1) is 0 Å². The molecule has 0 aliphatic carbocycles. The van der Waals surface area contributed by atoms with Crippen LogP contribution in [0.25, 0.3) is 10.9 Å². The lowest BCUT2D eigenvalue weighted by molar-refractivity contribution is 0.962. The van der Waals surface area contributed by atoms with Crippen LogP contribution < -0.4 is 5.73 Å². The van der Waals surface area contributed by atoms with Gasteiger partial charge in [-0.1, -0.05) is 6.07 Å². The SMILES string of the molecule is Nc1ccc2nc(Sc3ncccn3)ccc2c1. The number of anilines is 1. The molecular formula is C13H10N4S. The van der Waals surface area contributed by atoms with Gasteiger partial charge in [-0.3, -0.25) is 0 Å². The third-order valence-corrected chi connectivity index (χ3v) is 3.26. The molecule has 1 aromatic carbocycles. The first-order chi connectivity index (χ1) is 8.81. The van der Waals surface area contributed by atoms with E-state index in [1.165, 1.54) is 11.8 Å². The summed E-state index contributed by atoms with van der Waals surface area (Å²) in [5, 5.41) is 2.60. The summed E-state index contributed by atoms with van der Waals surface area (Å²) in [4.78, 5) is 12.9. The van der Waals surface area contributed by atoms with E-state index in [2.05, 4.69) is 15.0 Å². The smallest absolute Gasteiger partial charge is 0.193 e. The van der Waals surface area contributed by atoms with E-state index in [9.17, 15) is 0 Å². The van der Waals surface area contributed by atoms with Gasteiger partial charge in [0.25, 0.3) is 0 Å². The van der Waals surface area contributed by atoms with Crippen molar-refractivity contribution in [3.63, 3.8) is 0 Å². The zero-order chi connectivity index (χ0) is 12.4. The van der Waals surface area contributed by atoms with E-state index in [4.69, 9.17) is 5.73 Å². The van der Waals surface area contributed by atoms with E-state index in [0.717, 1.165) is 21.6 Å². The zero-order valence-corrected chi connectivity index (χ0v) is 10.3. The number of pyridine rings is 1. The minimum absolute atomic E-state index is 0.694. The lowest BCUT2D eigenvalue weighted by atomic mass is 10.2. The van der Waals surface area contributed by atoms with Crippen molar-refractivity contribution in [1.82, 2.24) is 15.0 Å². The molecule has 0 aliphatic rings. The third kappa shape index (κ3) is 2.26. The fraction of sp³-hybridized carbons (Fsp3) is 0. The molecule has 4 nitrogen and oxygen atoms in total. The molecule has 2 N–H and O–H groups in total. The van der Waals surface area contributed by atoms with E-state index >= 15 is 0 Å². The molecule has 0 radical (unpaired) electrons. The van der Waals surface area contributed by atoms with E-state index in [1.54, 1.807) is 18.5 Å². The standard InChI is InChI=1S/C13H10N4S/c14-10-3-4-11-9(8-10)2-5-12(17-11)18-13-15-6-1-7-16-13/h1-8H,14H2. The fourth-order valence-electron chi connectivity index (χ4n) is 1.61. The molecule has 0 aliphatic heterocycles. The van der Waals surface area contributed by atoms with Crippen molar-refractivity contribution in [2.75, 3.05) is 5.73 Å². The second-order valence-electron chi connectivity index (χ2n) is 3.74. The first-order valence-electron chi connectivity index (χ1n) is 5.42. The molecule has 0 spiro atoms. The summed E-state index contributed by atoms with van der Waals surface area (Å²) in [6.07, 6.45) is 3.44. The maximum atomic E-state index is 5.73. The zero-order valence-electron chi connectivity index (χ0n) is 9.45. The topological polar surface area (TPSA) is 64.7 Å². The Morgan fingerprint density at radius 1 is 1.00 bits per heavy atom. The van der Waals surface area contributed by atoms with Gasteiger partial charge in [0.15, 0.2) is 5.16 Å². The van der Waals surface area contributed by atoms with Crippen LogP contribution in [-0.4, -0.2) is 15.0 Å². The summed E-state index contributed by atoms with van der Waals surface area (Å²) in [5.41, 5.74) is 7.40. The minimum atomic E-state index is 0.694. The Morgan fingerprint density at radius 2 is 1.83 bits per heavy atom. The molecule has 0 saturated heterocycles. The number of benzene rings is 1. The number of fused-ring (bicyclic) bond motifs is 1. The molecule has 0 fully saturated rings. The van der Waals surface area contributed by atoms with E-state index in [0.29, 0.717) is 5.16 Å². The van der Waals surface area contributed by atoms with Crippen LogP contribution in [0.15, 0.2) is 59.0 Å². The van der Waals surface area contributed by atoms with Crippen molar-refractivity contribution in [3.8, 4) is 0 Å². The Hall–Kier alpha value is -2.14. The van der Waals surface area contributed by atoms with E-state index in [1.807, 2.05) is 30.3 Å². The Labute approximate surface area is 108 Å². The van der Waals surface area contributed by atoms with Crippen LogP contribution in [0.4, 0.5) is 5.69 Å². The van der Waals surface area contributed by atoms with Crippen LogP contribution >= 0.6 is 11.8 Å². The Morgan fingerprint density at radius 3 is 2.67 bits per heavy atom. The fourth-order valence-corrected chi connectivity index (χ4v) is 2.31. The Kier molecular flexibility index (Phi) is 2.82. The van der Waals surface area contributed by atoms with Crippen LogP contribution in [0.1, 0.15) is 0 Å². The summed E-state index contributed by atoms with van der Waals surface area (Å²) in [5.74, 6) is 0. The number of rotatable bonds is 2.